The first-order valence-electron chi connectivity index (χ1n) is 13.6. The topological polar surface area (TPSA) is 35.5 Å². The van der Waals surface area contributed by atoms with E-state index in [2.05, 4.69) is 6.92 Å². The molecule has 0 aliphatic carbocycles. The van der Waals surface area contributed by atoms with Crippen LogP contribution >= 0.6 is 0 Å². The molecule has 3 nitrogen and oxygen atoms in total. The molecule has 0 radical (unpaired) electrons. The third-order valence-corrected chi connectivity index (χ3v) is 6.44. The first kappa shape index (κ1) is 27.5. The summed E-state index contributed by atoms with van der Waals surface area (Å²) in [5.41, 5.74) is 0. The molecule has 0 aromatic rings. The molecule has 30 heavy (non-hydrogen) atoms. The number of ether oxygens (including phenoxy) is 2. The van der Waals surface area contributed by atoms with Crippen LogP contribution in [0.25, 0.3) is 0 Å². The molecule has 0 bridgehead atoms. The molecule has 0 amide bonds. The van der Waals surface area contributed by atoms with Crippen molar-refractivity contribution in [2.75, 3.05) is 13.2 Å². The number of hydrogen-bond donors (Lipinski definition) is 0. The summed E-state index contributed by atoms with van der Waals surface area (Å²) in [6.45, 7) is 3.57. The Morgan fingerprint density at radius 1 is 0.700 bits per heavy atom. The Balaban J connectivity index is 1.67. The fourth-order valence-electron chi connectivity index (χ4n) is 4.38. The normalized spacial score (nSPS) is 16.2. The van der Waals surface area contributed by atoms with Crippen LogP contribution in [0.15, 0.2) is 0 Å². The summed E-state index contributed by atoms with van der Waals surface area (Å²) in [5.74, 6) is -0.0440. The Bertz CT molecular complexity index is 363. The quantitative estimate of drug-likeness (QED) is 0.129. The minimum absolute atomic E-state index is 0.0440. The summed E-state index contributed by atoms with van der Waals surface area (Å²) in [4.78, 5) is 11.7. The lowest BCUT2D eigenvalue weighted by molar-refractivity contribution is -0.147. The Hall–Kier alpha value is -0.570. The second kappa shape index (κ2) is 21.7. The molecule has 1 aliphatic heterocycles. The molecular weight excluding hydrogens is 372 g/mol. The van der Waals surface area contributed by atoms with E-state index in [1.165, 1.54) is 109 Å². The van der Waals surface area contributed by atoms with Crippen LogP contribution in [0.4, 0.5) is 0 Å². The van der Waals surface area contributed by atoms with Crippen LogP contribution in [0.3, 0.4) is 0 Å². The lowest BCUT2D eigenvalue weighted by Crippen LogP contribution is -2.17. The van der Waals surface area contributed by atoms with Crippen LogP contribution in [-0.4, -0.2) is 25.3 Å². The smallest absolute Gasteiger partial charge is 0.305 e. The molecular formula is C27H52O3. The van der Waals surface area contributed by atoms with Crippen molar-refractivity contribution in [3.8, 4) is 0 Å². The maximum atomic E-state index is 11.7. The molecule has 0 aromatic heterocycles. The number of unbranched alkanes of at least 4 members (excludes halogenated alkanes) is 18. The van der Waals surface area contributed by atoms with Gasteiger partial charge in [-0.1, -0.05) is 122 Å². The number of hydrogen-bond acceptors (Lipinski definition) is 3. The third kappa shape index (κ3) is 18.2. The zero-order chi connectivity index (χ0) is 21.5. The maximum Gasteiger partial charge on any atom is 0.305 e. The molecule has 0 spiro atoms. The Labute approximate surface area is 188 Å². The molecule has 1 rings (SSSR count). The third-order valence-electron chi connectivity index (χ3n) is 6.44. The molecule has 3 heteroatoms. The monoisotopic (exact) mass is 424 g/mol. The Kier molecular flexibility index (Phi) is 19.8. The van der Waals surface area contributed by atoms with Gasteiger partial charge in [0.1, 0.15) is 6.61 Å². The molecule has 1 fully saturated rings. The van der Waals surface area contributed by atoms with E-state index in [9.17, 15) is 4.79 Å². The maximum absolute atomic E-state index is 11.7. The van der Waals surface area contributed by atoms with Gasteiger partial charge in [-0.3, -0.25) is 4.79 Å². The van der Waals surface area contributed by atoms with Crippen LogP contribution in [-0.2, 0) is 14.3 Å². The highest BCUT2D eigenvalue weighted by atomic mass is 16.6. The lowest BCUT2D eigenvalue weighted by atomic mass is 10.0. The van der Waals surface area contributed by atoms with Crippen molar-refractivity contribution >= 4 is 5.97 Å². The molecule has 178 valence electrons. The fourth-order valence-corrected chi connectivity index (χ4v) is 4.38. The van der Waals surface area contributed by atoms with E-state index in [1.54, 1.807) is 0 Å². The van der Waals surface area contributed by atoms with Crippen molar-refractivity contribution < 1.29 is 14.3 Å². The second-order valence-electron chi connectivity index (χ2n) is 9.43. The molecule has 1 heterocycles. The Morgan fingerprint density at radius 2 is 1.13 bits per heavy atom. The van der Waals surface area contributed by atoms with Gasteiger partial charge < -0.3 is 9.47 Å². The predicted octanol–water partition coefficient (Wildman–Crippen LogP) is 8.53. The van der Waals surface area contributed by atoms with E-state index in [0.29, 0.717) is 13.0 Å². The van der Waals surface area contributed by atoms with Gasteiger partial charge in [0.25, 0.3) is 0 Å². The average molecular weight is 425 g/mol. The van der Waals surface area contributed by atoms with Crippen molar-refractivity contribution in [1.29, 1.82) is 0 Å². The standard InChI is InChI=1S/C27H52O3/c1-2-3-4-5-6-7-8-9-10-11-12-13-14-15-16-17-18-19-20-23-27(28)30-25-26-22-21-24-29-26/h26H,2-25H2,1H3/t26-/m0/s1. The van der Waals surface area contributed by atoms with Crippen molar-refractivity contribution in [3.05, 3.63) is 0 Å². The summed E-state index contributed by atoms with van der Waals surface area (Å²) in [6.07, 6.45) is 29.0. The molecule has 1 saturated heterocycles. The summed E-state index contributed by atoms with van der Waals surface area (Å²) < 4.78 is 10.8. The minimum Gasteiger partial charge on any atom is -0.463 e. The van der Waals surface area contributed by atoms with E-state index < -0.39 is 0 Å². The number of carbonyl (C=O) groups is 1. The molecule has 0 unspecified atom stereocenters. The van der Waals surface area contributed by atoms with E-state index in [-0.39, 0.29) is 12.1 Å². The van der Waals surface area contributed by atoms with Crippen LogP contribution in [0, 0.1) is 0 Å². The zero-order valence-corrected chi connectivity index (χ0v) is 20.3. The van der Waals surface area contributed by atoms with Crippen LogP contribution in [0.2, 0.25) is 0 Å². The highest BCUT2D eigenvalue weighted by Crippen LogP contribution is 2.15. The van der Waals surface area contributed by atoms with E-state index in [0.717, 1.165) is 32.3 Å². The number of esters is 1. The number of carbonyl (C=O) groups excluding carboxylic acids is 1. The fraction of sp³-hybridized carbons (Fsp3) is 0.963. The van der Waals surface area contributed by atoms with Gasteiger partial charge >= 0.3 is 5.97 Å². The van der Waals surface area contributed by atoms with Crippen molar-refractivity contribution in [2.24, 2.45) is 0 Å². The van der Waals surface area contributed by atoms with Gasteiger partial charge in [0.2, 0.25) is 0 Å². The van der Waals surface area contributed by atoms with Gasteiger partial charge in [-0.2, -0.15) is 0 Å². The average Bonchev–Trinajstić information content (AvgIpc) is 3.27. The van der Waals surface area contributed by atoms with Gasteiger partial charge in [-0.25, -0.2) is 0 Å². The summed E-state index contributed by atoms with van der Waals surface area (Å²) in [7, 11) is 0. The zero-order valence-electron chi connectivity index (χ0n) is 20.3. The summed E-state index contributed by atoms with van der Waals surface area (Å²) >= 11 is 0. The van der Waals surface area contributed by atoms with E-state index in [1.807, 2.05) is 0 Å². The molecule has 1 atom stereocenters. The molecule has 0 saturated carbocycles. The van der Waals surface area contributed by atoms with Gasteiger partial charge in [0.15, 0.2) is 0 Å². The van der Waals surface area contributed by atoms with Gasteiger partial charge in [-0.15, -0.1) is 0 Å². The Morgan fingerprint density at radius 3 is 1.53 bits per heavy atom. The van der Waals surface area contributed by atoms with Crippen molar-refractivity contribution in [1.82, 2.24) is 0 Å². The first-order valence-corrected chi connectivity index (χ1v) is 13.6. The van der Waals surface area contributed by atoms with E-state index in [4.69, 9.17) is 9.47 Å². The summed E-state index contributed by atoms with van der Waals surface area (Å²) in [6, 6.07) is 0. The largest absolute Gasteiger partial charge is 0.463 e. The van der Waals surface area contributed by atoms with Gasteiger partial charge in [-0.05, 0) is 19.3 Å². The van der Waals surface area contributed by atoms with Gasteiger partial charge in [0.05, 0.1) is 6.10 Å². The van der Waals surface area contributed by atoms with Crippen LogP contribution in [0.1, 0.15) is 148 Å². The predicted molar refractivity (Wildman–Crippen MR) is 128 cm³/mol. The van der Waals surface area contributed by atoms with Crippen molar-refractivity contribution in [3.63, 3.8) is 0 Å². The minimum atomic E-state index is -0.0440. The molecule has 0 N–H and O–H groups in total. The summed E-state index contributed by atoms with van der Waals surface area (Å²) in [5, 5.41) is 0. The first-order chi connectivity index (χ1) is 14.8. The number of rotatable bonds is 22. The van der Waals surface area contributed by atoms with Gasteiger partial charge in [0, 0.05) is 13.0 Å². The highest BCUT2D eigenvalue weighted by molar-refractivity contribution is 5.69. The van der Waals surface area contributed by atoms with Crippen molar-refractivity contribution in [2.45, 2.75) is 154 Å². The highest BCUT2D eigenvalue weighted by Gasteiger charge is 2.17. The second-order valence-corrected chi connectivity index (χ2v) is 9.43. The SMILES string of the molecule is CCCCCCCCCCCCCCCCCCCCCC(=O)OC[C@@H]1CCCO1. The molecule has 0 aromatic carbocycles. The van der Waals surface area contributed by atoms with E-state index >= 15 is 0 Å². The molecule has 1 aliphatic rings. The lowest BCUT2D eigenvalue weighted by Gasteiger charge is -2.10. The van der Waals surface area contributed by atoms with Crippen LogP contribution in [0.5, 0.6) is 0 Å². The van der Waals surface area contributed by atoms with Crippen LogP contribution < -0.4 is 0 Å².